The van der Waals surface area contributed by atoms with Crippen molar-refractivity contribution >= 4 is 0 Å². The Kier molecular flexibility index (Phi) is 3.96. The fourth-order valence-corrected chi connectivity index (χ4v) is 1.70. The lowest BCUT2D eigenvalue weighted by Gasteiger charge is -2.10. The quantitative estimate of drug-likeness (QED) is 0.761. The molecule has 0 aliphatic rings. The standard InChI is InChI=1S/C13H16N2O3/c1-16-11-6-4-5-10(9-11)15-8-7-12(14-15)13(17-2)18-3/h4-9,13H,1-3H3. The van der Waals surface area contributed by atoms with Gasteiger partial charge >= 0.3 is 0 Å². The van der Waals surface area contributed by atoms with Crippen molar-refractivity contribution in [1.82, 2.24) is 9.78 Å². The maximum atomic E-state index is 5.18. The van der Waals surface area contributed by atoms with Crippen molar-refractivity contribution in [1.29, 1.82) is 0 Å². The second-order valence-corrected chi connectivity index (χ2v) is 3.69. The van der Waals surface area contributed by atoms with Gasteiger partial charge in [-0.3, -0.25) is 0 Å². The van der Waals surface area contributed by atoms with Crippen molar-refractivity contribution < 1.29 is 14.2 Å². The third-order valence-corrected chi connectivity index (χ3v) is 2.60. The molecular weight excluding hydrogens is 232 g/mol. The van der Waals surface area contributed by atoms with Gasteiger partial charge in [-0.2, -0.15) is 5.10 Å². The maximum Gasteiger partial charge on any atom is 0.202 e. The molecular formula is C13H16N2O3. The van der Waals surface area contributed by atoms with Crippen LogP contribution in [0.2, 0.25) is 0 Å². The lowest BCUT2D eigenvalue weighted by molar-refractivity contribution is -0.108. The van der Waals surface area contributed by atoms with Gasteiger partial charge in [-0.15, -0.1) is 0 Å². The molecule has 0 aliphatic carbocycles. The zero-order chi connectivity index (χ0) is 13.0. The topological polar surface area (TPSA) is 45.5 Å². The van der Waals surface area contributed by atoms with Gasteiger partial charge in [0.15, 0.2) is 0 Å². The first kappa shape index (κ1) is 12.6. The Hall–Kier alpha value is -1.85. The molecule has 0 aliphatic heterocycles. The first-order valence-electron chi connectivity index (χ1n) is 5.54. The summed E-state index contributed by atoms with van der Waals surface area (Å²) < 4.78 is 17.2. The van der Waals surface area contributed by atoms with E-state index in [1.165, 1.54) is 0 Å². The van der Waals surface area contributed by atoms with Gasteiger partial charge in [-0.25, -0.2) is 4.68 Å². The molecule has 1 aromatic heterocycles. The molecule has 1 heterocycles. The van der Waals surface area contributed by atoms with Crippen molar-refractivity contribution in [2.75, 3.05) is 21.3 Å². The number of aromatic nitrogens is 2. The number of methoxy groups -OCH3 is 3. The van der Waals surface area contributed by atoms with Crippen LogP contribution in [0.3, 0.4) is 0 Å². The molecule has 5 nitrogen and oxygen atoms in total. The molecule has 0 bridgehead atoms. The van der Waals surface area contributed by atoms with Crippen molar-refractivity contribution in [3.8, 4) is 11.4 Å². The summed E-state index contributed by atoms with van der Waals surface area (Å²) in [5.41, 5.74) is 1.65. The molecule has 96 valence electrons. The number of hydrogen-bond acceptors (Lipinski definition) is 4. The Morgan fingerprint density at radius 3 is 2.56 bits per heavy atom. The van der Waals surface area contributed by atoms with Crippen LogP contribution in [0.5, 0.6) is 5.75 Å². The van der Waals surface area contributed by atoms with Crippen molar-refractivity contribution in [3.05, 3.63) is 42.2 Å². The molecule has 0 spiro atoms. The molecule has 0 unspecified atom stereocenters. The van der Waals surface area contributed by atoms with Gasteiger partial charge in [0.1, 0.15) is 11.4 Å². The average Bonchev–Trinajstić information content (AvgIpc) is 2.90. The van der Waals surface area contributed by atoms with Crippen LogP contribution in [0.4, 0.5) is 0 Å². The van der Waals surface area contributed by atoms with Gasteiger partial charge in [0.2, 0.25) is 6.29 Å². The maximum absolute atomic E-state index is 5.18. The van der Waals surface area contributed by atoms with E-state index in [4.69, 9.17) is 14.2 Å². The molecule has 5 heteroatoms. The summed E-state index contributed by atoms with van der Waals surface area (Å²) >= 11 is 0. The molecule has 0 N–H and O–H groups in total. The van der Waals surface area contributed by atoms with Crippen LogP contribution in [-0.2, 0) is 9.47 Å². The average molecular weight is 248 g/mol. The Balaban J connectivity index is 2.28. The van der Waals surface area contributed by atoms with Gasteiger partial charge < -0.3 is 14.2 Å². The van der Waals surface area contributed by atoms with E-state index in [1.54, 1.807) is 26.0 Å². The second-order valence-electron chi connectivity index (χ2n) is 3.69. The summed E-state index contributed by atoms with van der Waals surface area (Å²) in [5, 5.41) is 4.41. The number of ether oxygens (including phenoxy) is 3. The van der Waals surface area contributed by atoms with E-state index in [0.717, 1.165) is 17.1 Å². The molecule has 1 aromatic carbocycles. The molecule has 2 rings (SSSR count). The molecule has 2 aromatic rings. The lowest BCUT2D eigenvalue weighted by atomic mass is 10.3. The highest BCUT2D eigenvalue weighted by molar-refractivity contribution is 5.38. The fraction of sp³-hybridized carbons (Fsp3) is 0.308. The second kappa shape index (κ2) is 5.66. The summed E-state index contributed by atoms with van der Waals surface area (Å²) in [6.45, 7) is 0. The summed E-state index contributed by atoms with van der Waals surface area (Å²) in [5.74, 6) is 0.791. The van der Waals surface area contributed by atoms with Crippen LogP contribution < -0.4 is 4.74 Å². The highest BCUT2D eigenvalue weighted by Crippen LogP contribution is 2.19. The van der Waals surface area contributed by atoms with Gasteiger partial charge in [0.25, 0.3) is 0 Å². The first-order chi connectivity index (χ1) is 8.78. The minimum absolute atomic E-state index is 0.447. The predicted molar refractivity (Wildman–Crippen MR) is 66.9 cm³/mol. The zero-order valence-corrected chi connectivity index (χ0v) is 10.7. The minimum atomic E-state index is -0.447. The van der Waals surface area contributed by atoms with Crippen LogP contribution in [0, 0.1) is 0 Å². The fourth-order valence-electron chi connectivity index (χ4n) is 1.70. The summed E-state index contributed by atoms with van der Waals surface area (Å²) in [7, 11) is 4.80. The van der Waals surface area contributed by atoms with Crippen LogP contribution in [0.25, 0.3) is 5.69 Å². The largest absolute Gasteiger partial charge is 0.497 e. The molecule has 0 saturated carbocycles. The Morgan fingerprint density at radius 2 is 1.89 bits per heavy atom. The zero-order valence-electron chi connectivity index (χ0n) is 10.7. The van der Waals surface area contributed by atoms with E-state index in [0.29, 0.717) is 0 Å². The number of hydrogen-bond donors (Lipinski definition) is 0. The molecule has 0 atom stereocenters. The lowest BCUT2D eigenvalue weighted by Crippen LogP contribution is -2.05. The van der Waals surface area contributed by atoms with E-state index in [-0.39, 0.29) is 0 Å². The van der Waals surface area contributed by atoms with E-state index in [2.05, 4.69) is 5.10 Å². The third-order valence-electron chi connectivity index (χ3n) is 2.60. The third kappa shape index (κ3) is 2.52. The molecule has 18 heavy (non-hydrogen) atoms. The monoisotopic (exact) mass is 248 g/mol. The van der Waals surface area contributed by atoms with E-state index >= 15 is 0 Å². The summed E-state index contributed by atoms with van der Waals surface area (Å²) in [4.78, 5) is 0. The predicted octanol–water partition coefficient (Wildman–Crippen LogP) is 2.17. The normalized spacial score (nSPS) is 10.9. The van der Waals surface area contributed by atoms with E-state index < -0.39 is 6.29 Å². The summed E-state index contributed by atoms with van der Waals surface area (Å²) in [6, 6.07) is 9.52. The van der Waals surface area contributed by atoms with Crippen LogP contribution in [0.1, 0.15) is 12.0 Å². The van der Waals surface area contributed by atoms with E-state index in [9.17, 15) is 0 Å². The smallest absolute Gasteiger partial charge is 0.202 e. The van der Waals surface area contributed by atoms with Gasteiger partial charge in [-0.05, 0) is 18.2 Å². The minimum Gasteiger partial charge on any atom is -0.497 e. The highest BCUT2D eigenvalue weighted by atomic mass is 16.7. The highest BCUT2D eigenvalue weighted by Gasteiger charge is 2.12. The first-order valence-corrected chi connectivity index (χ1v) is 5.54. The summed E-state index contributed by atoms with van der Waals surface area (Å²) in [6.07, 6.45) is 1.41. The van der Waals surface area contributed by atoms with Gasteiger partial charge in [0.05, 0.1) is 12.8 Å². The SMILES string of the molecule is COc1cccc(-n2ccc(C(OC)OC)n2)c1. The van der Waals surface area contributed by atoms with E-state index in [1.807, 2.05) is 36.5 Å². The molecule has 0 amide bonds. The Morgan fingerprint density at radius 1 is 1.11 bits per heavy atom. The van der Waals surface area contributed by atoms with Crippen molar-refractivity contribution in [2.24, 2.45) is 0 Å². The van der Waals surface area contributed by atoms with Crippen molar-refractivity contribution in [2.45, 2.75) is 6.29 Å². The van der Waals surface area contributed by atoms with Gasteiger partial charge in [0, 0.05) is 26.5 Å². The van der Waals surface area contributed by atoms with Crippen LogP contribution in [0.15, 0.2) is 36.5 Å². The van der Waals surface area contributed by atoms with Gasteiger partial charge in [-0.1, -0.05) is 6.07 Å². The number of rotatable bonds is 5. The molecule has 0 radical (unpaired) electrons. The number of benzene rings is 1. The Labute approximate surface area is 106 Å². The number of nitrogens with zero attached hydrogens (tertiary/aromatic N) is 2. The van der Waals surface area contributed by atoms with Crippen LogP contribution in [-0.4, -0.2) is 31.1 Å². The molecule has 0 saturated heterocycles. The van der Waals surface area contributed by atoms with Crippen LogP contribution >= 0.6 is 0 Å². The Bertz CT molecular complexity index is 506. The molecule has 0 fully saturated rings. The van der Waals surface area contributed by atoms with Crippen molar-refractivity contribution in [3.63, 3.8) is 0 Å².